The van der Waals surface area contributed by atoms with Crippen molar-refractivity contribution in [1.82, 2.24) is 0 Å². The number of hydrogen-bond donors (Lipinski definition) is 2. The SMILES string of the molecule is C/C(=C/C(N)c1ccccc1)Nc1ccccc1. The molecule has 18 heavy (non-hydrogen) atoms. The monoisotopic (exact) mass is 238 g/mol. The van der Waals surface area contributed by atoms with Crippen LogP contribution in [0, 0.1) is 0 Å². The van der Waals surface area contributed by atoms with Crippen LogP contribution in [0.15, 0.2) is 72.4 Å². The van der Waals surface area contributed by atoms with Gasteiger partial charge >= 0.3 is 0 Å². The summed E-state index contributed by atoms with van der Waals surface area (Å²) in [5.41, 5.74) is 9.38. The van der Waals surface area contributed by atoms with Gasteiger partial charge in [-0.05, 0) is 30.7 Å². The van der Waals surface area contributed by atoms with Crippen LogP contribution in [0.5, 0.6) is 0 Å². The molecular weight excluding hydrogens is 220 g/mol. The first kappa shape index (κ1) is 12.4. The number of para-hydroxylation sites is 1. The Morgan fingerprint density at radius 1 is 1.00 bits per heavy atom. The van der Waals surface area contributed by atoms with Crippen molar-refractivity contribution in [3.05, 3.63) is 78.0 Å². The minimum absolute atomic E-state index is 0.0811. The van der Waals surface area contributed by atoms with Crippen LogP contribution in [0.2, 0.25) is 0 Å². The van der Waals surface area contributed by atoms with E-state index in [4.69, 9.17) is 5.73 Å². The summed E-state index contributed by atoms with van der Waals surface area (Å²) in [6.45, 7) is 2.02. The Bertz CT molecular complexity index is 503. The van der Waals surface area contributed by atoms with Crippen molar-refractivity contribution in [2.75, 3.05) is 5.32 Å². The van der Waals surface area contributed by atoms with E-state index in [1.54, 1.807) is 0 Å². The molecule has 2 heteroatoms. The molecule has 2 aromatic carbocycles. The maximum atomic E-state index is 6.13. The largest absolute Gasteiger partial charge is 0.359 e. The molecule has 0 fully saturated rings. The van der Waals surface area contributed by atoms with Gasteiger partial charge in [0.25, 0.3) is 0 Å². The quantitative estimate of drug-likeness (QED) is 0.852. The topological polar surface area (TPSA) is 38.0 Å². The molecule has 1 unspecified atom stereocenters. The molecule has 2 rings (SSSR count). The van der Waals surface area contributed by atoms with E-state index < -0.39 is 0 Å². The highest BCUT2D eigenvalue weighted by molar-refractivity contribution is 5.47. The van der Waals surface area contributed by atoms with Gasteiger partial charge in [0.1, 0.15) is 0 Å². The minimum atomic E-state index is -0.0811. The van der Waals surface area contributed by atoms with Crippen LogP contribution in [0.25, 0.3) is 0 Å². The molecule has 2 nitrogen and oxygen atoms in total. The molecule has 0 aromatic heterocycles. The Hall–Kier alpha value is -2.06. The zero-order valence-electron chi connectivity index (χ0n) is 10.5. The van der Waals surface area contributed by atoms with Gasteiger partial charge in [0, 0.05) is 11.4 Å². The van der Waals surface area contributed by atoms with Gasteiger partial charge in [0.2, 0.25) is 0 Å². The molecule has 2 aromatic rings. The molecule has 0 bridgehead atoms. The first-order valence-electron chi connectivity index (χ1n) is 6.07. The maximum Gasteiger partial charge on any atom is 0.0500 e. The van der Waals surface area contributed by atoms with Crippen LogP contribution >= 0.6 is 0 Å². The van der Waals surface area contributed by atoms with Gasteiger partial charge in [-0.15, -0.1) is 0 Å². The van der Waals surface area contributed by atoms with Crippen molar-refractivity contribution < 1.29 is 0 Å². The third-order valence-corrected chi connectivity index (χ3v) is 2.73. The first-order chi connectivity index (χ1) is 8.75. The lowest BCUT2D eigenvalue weighted by atomic mass is 10.1. The van der Waals surface area contributed by atoms with Crippen LogP contribution in [0.3, 0.4) is 0 Å². The van der Waals surface area contributed by atoms with E-state index in [0.29, 0.717) is 0 Å². The zero-order chi connectivity index (χ0) is 12.8. The summed E-state index contributed by atoms with van der Waals surface area (Å²) in [5, 5.41) is 3.32. The van der Waals surface area contributed by atoms with Gasteiger partial charge in [0.05, 0.1) is 6.04 Å². The van der Waals surface area contributed by atoms with Crippen molar-refractivity contribution in [3.8, 4) is 0 Å². The van der Waals surface area contributed by atoms with E-state index >= 15 is 0 Å². The number of rotatable bonds is 4. The fourth-order valence-corrected chi connectivity index (χ4v) is 1.83. The maximum absolute atomic E-state index is 6.13. The highest BCUT2D eigenvalue weighted by Gasteiger charge is 2.02. The summed E-state index contributed by atoms with van der Waals surface area (Å²) in [6, 6.07) is 20.1. The Morgan fingerprint density at radius 2 is 1.56 bits per heavy atom. The van der Waals surface area contributed by atoms with Crippen LogP contribution in [0.1, 0.15) is 18.5 Å². The fourth-order valence-electron chi connectivity index (χ4n) is 1.83. The van der Waals surface area contributed by atoms with E-state index in [0.717, 1.165) is 16.9 Å². The van der Waals surface area contributed by atoms with Crippen LogP contribution in [-0.2, 0) is 0 Å². The third kappa shape index (κ3) is 3.47. The van der Waals surface area contributed by atoms with Gasteiger partial charge in [0.15, 0.2) is 0 Å². The van der Waals surface area contributed by atoms with Gasteiger partial charge in [-0.25, -0.2) is 0 Å². The number of nitrogens with one attached hydrogen (secondary N) is 1. The molecule has 0 aliphatic heterocycles. The number of benzene rings is 2. The van der Waals surface area contributed by atoms with E-state index in [1.807, 2.05) is 73.7 Å². The Balaban J connectivity index is 2.05. The molecule has 3 N–H and O–H groups in total. The molecule has 1 atom stereocenters. The van der Waals surface area contributed by atoms with Crippen molar-refractivity contribution in [2.45, 2.75) is 13.0 Å². The van der Waals surface area contributed by atoms with Crippen molar-refractivity contribution in [2.24, 2.45) is 5.73 Å². The molecule has 0 aliphatic rings. The number of nitrogens with two attached hydrogens (primary N) is 1. The molecule has 0 heterocycles. The predicted octanol–water partition coefficient (Wildman–Crippen LogP) is 3.70. The molecule has 0 amide bonds. The van der Waals surface area contributed by atoms with Crippen LogP contribution < -0.4 is 11.1 Å². The average Bonchev–Trinajstić information content (AvgIpc) is 2.40. The van der Waals surface area contributed by atoms with Gasteiger partial charge in [-0.2, -0.15) is 0 Å². The van der Waals surface area contributed by atoms with Crippen molar-refractivity contribution in [1.29, 1.82) is 0 Å². The molecule has 0 saturated heterocycles. The molecular formula is C16H18N2. The summed E-state index contributed by atoms with van der Waals surface area (Å²) >= 11 is 0. The zero-order valence-corrected chi connectivity index (χ0v) is 10.5. The predicted molar refractivity (Wildman–Crippen MR) is 77.2 cm³/mol. The minimum Gasteiger partial charge on any atom is -0.359 e. The third-order valence-electron chi connectivity index (χ3n) is 2.73. The molecule has 0 saturated carbocycles. The second kappa shape index (κ2) is 6.03. The van der Waals surface area contributed by atoms with Crippen LogP contribution in [-0.4, -0.2) is 0 Å². The highest BCUT2D eigenvalue weighted by Crippen LogP contribution is 2.14. The Labute approximate surface area is 108 Å². The fraction of sp³-hybridized carbons (Fsp3) is 0.125. The van der Waals surface area contributed by atoms with Crippen LogP contribution in [0.4, 0.5) is 5.69 Å². The number of hydrogen-bond acceptors (Lipinski definition) is 2. The van der Waals surface area contributed by atoms with Gasteiger partial charge in [-0.1, -0.05) is 48.5 Å². The summed E-state index contributed by atoms with van der Waals surface area (Å²) in [4.78, 5) is 0. The number of allylic oxidation sites excluding steroid dienone is 1. The average molecular weight is 238 g/mol. The molecule has 0 spiro atoms. The lowest BCUT2D eigenvalue weighted by molar-refractivity contribution is 0.900. The highest BCUT2D eigenvalue weighted by atomic mass is 14.9. The second-order valence-electron chi connectivity index (χ2n) is 4.28. The smallest absolute Gasteiger partial charge is 0.0500 e. The summed E-state index contributed by atoms with van der Waals surface area (Å²) in [7, 11) is 0. The lowest BCUT2D eigenvalue weighted by Gasteiger charge is -2.11. The lowest BCUT2D eigenvalue weighted by Crippen LogP contribution is -2.09. The molecule has 92 valence electrons. The summed E-state index contributed by atoms with van der Waals surface area (Å²) < 4.78 is 0. The molecule has 0 radical (unpaired) electrons. The van der Waals surface area contributed by atoms with E-state index in [9.17, 15) is 0 Å². The normalized spacial score (nSPS) is 13.1. The van der Waals surface area contributed by atoms with Crippen molar-refractivity contribution in [3.63, 3.8) is 0 Å². The first-order valence-corrected chi connectivity index (χ1v) is 6.07. The Morgan fingerprint density at radius 3 is 2.17 bits per heavy atom. The second-order valence-corrected chi connectivity index (χ2v) is 4.28. The number of anilines is 1. The van der Waals surface area contributed by atoms with E-state index in [2.05, 4.69) is 5.32 Å². The van der Waals surface area contributed by atoms with Gasteiger partial charge < -0.3 is 11.1 Å². The van der Waals surface area contributed by atoms with Crippen molar-refractivity contribution >= 4 is 5.69 Å². The Kier molecular flexibility index (Phi) is 4.15. The van der Waals surface area contributed by atoms with Gasteiger partial charge in [-0.3, -0.25) is 0 Å². The standard InChI is InChI=1S/C16H18N2/c1-13(18-15-10-6-3-7-11-15)12-16(17)14-8-4-2-5-9-14/h2-12,16,18H,17H2,1H3/b13-12-. The van der Waals surface area contributed by atoms with E-state index in [1.165, 1.54) is 0 Å². The molecule has 0 aliphatic carbocycles. The summed E-state index contributed by atoms with van der Waals surface area (Å²) in [5.74, 6) is 0. The van der Waals surface area contributed by atoms with E-state index in [-0.39, 0.29) is 6.04 Å². The summed E-state index contributed by atoms with van der Waals surface area (Å²) in [6.07, 6.45) is 2.03.